The van der Waals surface area contributed by atoms with Gasteiger partial charge in [0, 0.05) is 12.7 Å². The zero-order valence-electron chi connectivity index (χ0n) is 19.1. The first-order valence-electron chi connectivity index (χ1n) is 10.5. The Balaban J connectivity index is 1.62. The second-order valence-electron chi connectivity index (χ2n) is 7.34. The molecular weight excluding hydrogens is 456 g/mol. The fourth-order valence-corrected chi connectivity index (χ4v) is 4.38. The number of benzene rings is 3. The van der Waals surface area contributed by atoms with Crippen LogP contribution in [-0.4, -0.2) is 41.1 Å². The summed E-state index contributed by atoms with van der Waals surface area (Å²) in [6, 6.07) is 19.4. The molecule has 0 saturated heterocycles. The SMILES string of the molecule is CCc1ccc(NC(=O)COC(=O)c2ccc(S(=O)(=O)N(C)c3ccccc3OC)cc2)cc1. The van der Waals surface area contributed by atoms with E-state index >= 15 is 0 Å². The van der Waals surface area contributed by atoms with Gasteiger partial charge in [0.25, 0.3) is 15.9 Å². The van der Waals surface area contributed by atoms with Crippen LogP contribution in [0.5, 0.6) is 5.75 Å². The lowest BCUT2D eigenvalue weighted by Gasteiger charge is -2.21. The van der Waals surface area contributed by atoms with Crippen molar-refractivity contribution in [1.29, 1.82) is 0 Å². The van der Waals surface area contributed by atoms with Crippen LogP contribution in [0.25, 0.3) is 0 Å². The predicted molar refractivity (Wildman–Crippen MR) is 130 cm³/mol. The molecule has 3 aromatic carbocycles. The number of nitrogens with one attached hydrogen (secondary N) is 1. The highest BCUT2D eigenvalue weighted by molar-refractivity contribution is 7.92. The Hall–Kier alpha value is -3.85. The van der Waals surface area contributed by atoms with E-state index in [0.29, 0.717) is 17.1 Å². The van der Waals surface area contributed by atoms with E-state index in [1.165, 1.54) is 38.4 Å². The monoisotopic (exact) mass is 482 g/mol. The Kier molecular flexibility index (Phi) is 7.91. The van der Waals surface area contributed by atoms with E-state index in [4.69, 9.17) is 9.47 Å². The van der Waals surface area contributed by atoms with E-state index in [-0.39, 0.29) is 10.5 Å². The third-order valence-corrected chi connectivity index (χ3v) is 6.94. The number of nitrogens with zero attached hydrogens (tertiary/aromatic N) is 1. The zero-order valence-corrected chi connectivity index (χ0v) is 20.0. The Labute approximate surface area is 199 Å². The van der Waals surface area contributed by atoms with Gasteiger partial charge in [-0.2, -0.15) is 0 Å². The van der Waals surface area contributed by atoms with Crippen LogP contribution >= 0.6 is 0 Å². The molecule has 0 saturated carbocycles. The van der Waals surface area contributed by atoms with Gasteiger partial charge in [-0.1, -0.05) is 31.2 Å². The number of anilines is 2. The highest BCUT2D eigenvalue weighted by Gasteiger charge is 2.24. The van der Waals surface area contributed by atoms with Crippen molar-refractivity contribution in [3.8, 4) is 5.75 Å². The summed E-state index contributed by atoms with van der Waals surface area (Å²) in [6.45, 7) is 1.57. The largest absolute Gasteiger partial charge is 0.495 e. The van der Waals surface area contributed by atoms with E-state index < -0.39 is 28.5 Å². The molecule has 0 heterocycles. The molecule has 178 valence electrons. The summed E-state index contributed by atoms with van der Waals surface area (Å²) >= 11 is 0. The highest BCUT2D eigenvalue weighted by atomic mass is 32.2. The van der Waals surface area contributed by atoms with Crippen molar-refractivity contribution >= 4 is 33.3 Å². The first-order valence-corrected chi connectivity index (χ1v) is 12.0. The number of carbonyl (C=O) groups excluding carboxylic acids is 2. The van der Waals surface area contributed by atoms with Gasteiger partial charge in [-0.25, -0.2) is 13.2 Å². The smallest absolute Gasteiger partial charge is 0.338 e. The molecule has 0 bridgehead atoms. The Morgan fingerprint density at radius 3 is 2.21 bits per heavy atom. The summed E-state index contributed by atoms with van der Waals surface area (Å²) in [6.07, 6.45) is 0.892. The maximum atomic E-state index is 13.0. The summed E-state index contributed by atoms with van der Waals surface area (Å²) in [7, 11) is -1.01. The number of amides is 1. The third-order valence-electron chi connectivity index (χ3n) is 5.15. The quantitative estimate of drug-likeness (QED) is 0.465. The molecule has 0 aromatic heterocycles. The van der Waals surface area contributed by atoms with Crippen molar-refractivity contribution in [3.63, 3.8) is 0 Å². The molecule has 0 unspecified atom stereocenters. The predicted octanol–water partition coefficient (Wildman–Crippen LogP) is 3.88. The average molecular weight is 483 g/mol. The maximum absolute atomic E-state index is 13.0. The molecule has 0 aliphatic rings. The minimum atomic E-state index is -3.90. The number of para-hydroxylation sites is 2. The minimum absolute atomic E-state index is 0.00859. The van der Waals surface area contributed by atoms with Gasteiger partial charge in [-0.05, 0) is 60.5 Å². The fourth-order valence-electron chi connectivity index (χ4n) is 3.18. The second kappa shape index (κ2) is 10.8. The van der Waals surface area contributed by atoms with E-state index in [2.05, 4.69) is 5.32 Å². The van der Waals surface area contributed by atoms with E-state index in [1.807, 2.05) is 19.1 Å². The summed E-state index contributed by atoms with van der Waals surface area (Å²) in [5.41, 5.74) is 2.25. The Morgan fingerprint density at radius 2 is 1.59 bits per heavy atom. The molecule has 0 fully saturated rings. The molecule has 1 amide bonds. The number of rotatable bonds is 9. The number of esters is 1. The van der Waals surface area contributed by atoms with E-state index in [1.54, 1.807) is 36.4 Å². The van der Waals surface area contributed by atoms with Crippen molar-refractivity contribution in [2.24, 2.45) is 0 Å². The van der Waals surface area contributed by atoms with Crippen molar-refractivity contribution in [2.45, 2.75) is 18.2 Å². The molecule has 34 heavy (non-hydrogen) atoms. The average Bonchev–Trinajstić information content (AvgIpc) is 2.87. The van der Waals surface area contributed by atoms with Gasteiger partial charge >= 0.3 is 5.97 Å². The molecule has 0 aliphatic heterocycles. The van der Waals surface area contributed by atoms with Gasteiger partial charge < -0.3 is 14.8 Å². The summed E-state index contributed by atoms with van der Waals surface area (Å²) in [5, 5.41) is 2.66. The Morgan fingerprint density at radius 1 is 0.941 bits per heavy atom. The lowest BCUT2D eigenvalue weighted by molar-refractivity contribution is -0.119. The topological polar surface area (TPSA) is 102 Å². The molecular formula is C25H26N2O6S. The molecule has 0 atom stereocenters. The molecule has 9 heteroatoms. The van der Waals surface area contributed by atoms with Crippen LogP contribution in [-0.2, 0) is 26.0 Å². The van der Waals surface area contributed by atoms with Crippen LogP contribution in [0.4, 0.5) is 11.4 Å². The molecule has 3 rings (SSSR count). The van der Waals surface area contributed by atoms with Crippen LogP contribution in [0, 0.1) is 0 Å². The van der Waals surface area contributed by atoms with Gasteiger partial charge in [0.1, 0.15) is 5.75 Å². The number of aryl methyl sites for hydroxylation is 1. The number of carbonyl (C=O) groups is 2. The van der Waals surface area contributed by atoms with Crippen LogP contribution < -0.4 is 14.4 Å². The van der Waals surface area contributed by atoms with Crippen LogP contribution in [0.15, 0.2) is 77.7 Å². The van der Waals surface area contributed by atoms with Gasteiger partial charge in [0.15, 0.2) is 6.61 Å². The van der Waals surface area contributed by atoms with Crippen molar-refractivity contribution in [2.75, 3.05) is 30.4 Å². The molecule has 8 nitrogen and oxygen atoms in total. The number of ether oxygens (including phenoxy) is 2. The van der Waals surface area contributed by atoms with E-state index in [9.17, 15) is 18.0 Å². The third kappa shape index (κ3) is 5.74. The van der Waals surface area contributed by atoms with Crippen LogP contribution in [0.3, 0.4) is 0 Å². The van der Waals surface area contributed by atoms with Crippen LogP contribution in [0.2, 0.25) is 0 Å². The molecule has 0 aliphatic carbocycles. The zero-order chi connectivity index (χ0) is 24.7. The van der Waals surface area contributed by atoms with Crippen molar-refractivity contribution in [3.05, 3.63) is 83.9 Å². The van der Waals surface area contributed by atoms with Crippen molar-refractivity contribution < 1.29 is 27.5 Å². The van der Waals surface area contributed by atoms with Crippen LogP contribution in [0.1, 0.15) is 22.8 Å². The maximum Gasteiger partial charge on any atom is 0.338 e. The standard InChI is InChI=1S/C25H26N2O6S/c1-4-18-9-13-20(14-10-18)26-24(28)17-33-25(29)19-11-15-21(16-12-19)34(30,31)27(2)22-7-5-6-8-23(22)32-3/h5-16H,4,17H2,1-3H3,(H,26,28). The first kappa shape index (κ1) is 24.8. The Bertz CT molecular complexity index is 1260. The number of hydrogen-bond donors (Lipinski definition) is 1. The lowest BCUT2D eigenvalue weighted by Crippen LogP contribution is -2.27. The molecule has 0 radical (unpaired) electrons. The lowest BCUT2D eigenvalue weighted by atomic mass is 10.1. The van der Waals surface area contributed by atoms with Gasteiger partial charge in [-0.3, -0.25) is 9.10 Å². The summed E-state index contributed by atoms with van der Waals surface area (Å²) in [5.74, 6) is -0.804. The first-order chi connectivity index (χ1) is 16.3. The van der Waals surface area contributed by atoms with E-state index in [0.717, 1.165) is 16.3 Å². The van der Waals surface area contributed by atoms with Gasteiger partial charge in [0.05, 0.1) is 23.3 Å². The van der Waals surface area contributed by atoms with Gasteiger partial charge in [0.2, 0.25) is 0 Å². The van der Waals surface area contributed by atoms with Gasteiger partial charge in [-0.15, -0.1) is 0 Å². The summed E-state index contributed by atoms with van der Waals surface area (Å²) < 4.78 is 37.4. The van der Waals surface area contributed by atoms with Crippen molar-refractivity contribution in [1.82, 2.24) is 0 Å². The molecule has 3 aromatic rings. The normalized spacial score (nSPS) is 10.9. The number of sulfonamides is 1. The fraction of sp³-hybridized carbons (Fsp3) is 0.200. The molecule has 0 spiro atoms. The second-order valence-corrected chi connectivity index (χ2v) is 9.31. The number of methoxy groups -OCH3 is 1. The number of hydrogen-bond acceptors (Lipinski definition) is 6. The highest BCUT2D eigenvalue weighted by Crippen LogP contribution is 2.30. The summed E-state index contributed by atoms with van der Waals surface area (Å²) in [4.78, 5) is 24.4. The molecule has 1 N–H and O–H groups in total. The minimum Gasteiger partial charge on any atom is -0.495 e.